The van der Waals surface area contributed by atoms with Crippen molar-refractivity contribution < 1.29 is 23.1 Å². The van der Waals surface area contributed by atoms with E-state index >= 15 is 0 Å². The number of furan rings is 1. The maximum absolute atomic E-state index is 13.9. The lowest BCUT2D eigenvalue weighted by Crippen LogP contribution is -2.33. The molecule has 4 aromatic carbocycles. The first-order chi connectivity index (χ1) is 20.4. The van der Waals surface area contributed by atoms with E-state index in [1.54, 1.807) is 30.3 Å². The van der Waals surface area contributed by atoms with Gasteiger partial charge in [0.2, 0.25) is 0 Å². The third-order valence-corrected chi connectivity index (χ3v) is 7.36. The summed E-state index contributed by atoms with van der Waals surface area (Å²) in [5.74, 6) is -0.119. The maximum Gasteiger partial charge on any atom is 0.258 e. The number of nitrogens with two attached hydrogens (primary N) is 2. The number of carbonyl (C=O) groups is 2. The van der Waals surface area contributed by atoms with E-state index in [-0.39, 0.29) is 29.8 Å². The number of amides is 2. The fourth-order valence-electron chi connectivity index (χ4n) is 5.24. The highest BCUT2D eigenvalue weighted by molar-refractivity contribution is 6.09. The molecule has 1 aliphatic rings. The van der Waals surface area contributed by atoms with Gasteiger partial charge in [-0.1, -0.05) is 36.4 Å². The van der Waals surface area contributed by atoms with Crippen LogP contribution in [0.3, 0.4) is 0 Å². The Morgan fingerprint density at radius 2 is 1.71 bits per heavy atom. The Hall–Kier alpha value is -4.95. The zero-order valence-electron chi connectivity index (χ0n) is 22.9. The highest BCUT2D eigenvalue weighted by atomic mass is 19.1. The van der Waals surface area contributed by atoms with Crippen LogP contribution < -0.4 is 21.1 Å². The summed E-state index contributed by atoms with van der Waals surface area (Å²) in [7, 11) is 0. The molecule has 1 aromatic heterocycles. The van der Waals surface area contributed by atoms with Gasteiger partial charge in [-0.2, -0.15) is 0 Å². The number of fused-ring (bicyclic) bond motifs is 1. The van der Waals surface area contributed by atoms with Gasteiger partial charge in [0.15, 0.2) is 0 Å². The maximum atomic E-state index is 13.9. The van der Waals surface area contributed by atoms with Crippen LogP contribution in [0.5, 0.6) is 5.75 Å². The molecule has 42 heavy (non-hydrogen) atoms. The molecule has 1 aliphatic carbocycles. The van der Waals surface area contributed by atoms with Crippen LogP contribution in [-0.4, -0.2) is 31.0 Å². The molecular formula is C34H30FN3O4. The lowest BCUT2D eigenvalue weighted by Gasteiger charge is -2.23. The standard InChI is InChI=1S/C34H30FN3O4/c35-24-10-6-21(7-11-24)18-31-32(33(37)39)28-19-22(8-15-30(28)42-31)27-20-23(9-14-29(27)41-17-16-36)34(40)38(26-12-13-26)25-4-2-1-3-5-25/h1-11,14-15,19-20,26H,12-13,16-18,36H2,(H2,37,39). The number of rotatable bonds is 10. The lowest BCUT2D eigenvalue weighted by molar-refractivity contribution is 0.0981. The number of halogens is 1. The van der Waals surface area contributed by atoms with Crippen LogP contribution in [0.4, 0.5) is 10.1 Å². The van der Waals surface area contributed by atoms with Gasteiger partial charge in [0.05, 0.1) is 5.56 Å². The van der Waals surface area contributed by atoms with Gasteiger partial charge in [0.1, 0.15) is 29.5 Å². The molecule has 1 fully saturated rings. The van der Waals surface area contributed by atoms with Gasteiger partial charge in [0.25, 0.3) is 11.8 Å². The first-order valence-electron chi connectivity index (χ1n) is 13.9. The molecule has 212 valence electrons. The number of benzene rings is 4. The third-order valence-electron chi connectivity index (χ3n) is 7.36. The Kier molecular flexibility index (Phi) is 7.46. The highest BCUT2D eigenvalue weighted by Crippen LogP contribution is 2.38. The van der Waals surface area contributed by atoms with Gasteiger partial charge < -0.3 is 25.5 Å². The average Bonchev–Trinajstić information content (AvgIpc) is 3.77. The molecule has 0 unspecified atom stereocenters. The molecule has 2 amide bonds. The van der Waals surface area contributed by atoms with Gasteiger partial charge in [-0.3, -0.25) is 9.59 Å². The molecule has 1 heterocycles. The highest BCUT2D eigenvalue weighted by Gasteiger charge is 2.34. The first kappa shape index (κ1) is 27.2. The zero-order valence-corrected chi connectivity index (χ0v) is 22.9. The molecular weight excluding hydrogens is 533 g/mol. The lowest BCUT2D eigenvalue weighted by atomic mass is 9.98. The Labute approximate surface area is 242 Å². The van der Waals surface area contributed by atoms with E-state index in [9.17, 15) is 14.0 Å². The summed E-state index contributed by atoms with van der Waals surface area (Å²) < 4.78 is 25.5. The number of carbonyl (C=O) groups excluding carboxylic acids is 2. The number of hydrogen-bond acceptors (Lipinski definition) is 5. The monoisotopic (exact) mass is 563 g/mol. The molecule has 4 N–H and O–H groups in total. The Morgan fingerprint density at radius 1 is 0.952 bits per heavy atom. The molecule has 0 saturated heterocycles. The van der Waals surface area contributed by atoms with E-state index < -0.39 is 5.91 Å². The van der Waals surface area contributed by atoms with Crippen LogP contribution in [0, 0.1) is 5.82 Å². The number of primary amides is 1. The van der Waals surface area contributed by atoms with Crippen LogP contribution in [0.15, 0.2) is 95.4 Å². The van der Waals surface area contributed by atoms with Crippen molar-refractivity contribution in [3.63, 3.8) is 0 Å². The molecule has 0 spiro atoms. The predicted octanol–water partition coefficient (Wildman–Crippen LogP) is 6.08. The Bertz CT molecular complexity index is 1760. The van der Waals surface area contributed by atoms with Crippen LogP contribution in [0.25, 0.3) is 22.1 Å². The fraction of sp³-hybridized carbons (Fsp3) is 0.176. The number of anilines is 1. The van der Waals surface area contributed by atoms with Crippen molar-refractivity contribution in [2.75, 3.05) is 18.1 Å². The zero-order chi connectivity index (χ0) is 29.2. The molecule has 6 rings (SSSR count). The van der Waals surface area contributed by atoms with Gasteiger partial charge in [-0.05, 0) is 78.6 Å². The smallest absolute Gasteiger partial charge is 0.258 e. The molecule has 0 atom stereocenters. The van der Waals surface area contributed by atoms with Gasteiger partial charge in [0, 0.05) is 41.2 Å². The molecule has 8 heteroatoms. The number of nitrogens with zero attached hydrogens (tertiary/aromatic N) is 1. The Balaban J connectivity index is 1.42. The SMILES string of the molecule is NCCOc1ccc(C(=O)N(c2ccccc2)C2CC2)cc1-c1ccc2oc(Cc3ccc(F)cc3)c(C(N)=O)c2c1. The summed E-state index contributed by atoms with van der Waals surface area (Å²) in [5, 5.41) is 0.544. The summed E-state index contributed by atoms with van der Waals surface area (Å²) in [6.45, 7) is 0.615. The molecule has 1 saturated carbocycles. The van der Waals surface area contributed by atoms with E-state index in [1.165, 1.54) is 12.1 Å². The van der Waals surface area contributed by atoms with E-state index in [4.69, 9.17) is 20.6 Å². The topological polar surface area (TPSA) is 112 Å². The second kappa shape index (κ2) is 11.5. The molecule has 5 aromatic rings. The van der Waals surface area contributed by atoms with Gasteiger partial charge in [-0.25, -0.2) is 4.39 Å². The van der Waals surface area contributed by atoms with Gasteiger partial charge >= 0.3 is 0 Å². The summed E-state index contributed by atoms with van der Waals surface area (Å²) in [6.07, 6.45) is 2.19. The summed E-state index contributed by atoms with van der Waals surface area (Å²) in [4.78, 5) is 28.3. The second-order valence-electron chi connectivity index (χ2n) is 10.4. The first-order valence-corrected chi connectivity index (χ1v) is 13.9. The van der Waals surface area contributed by atoms with Crippen molar-refractivity contribution in [1.29, 1.82) is 0 Å². The van der Waals surface area contributed by atoms with Crippen molar-refractivity contribution in [3.05, 3.63) is 119 Å². The quantitative estimate of drug-likeness (QED) is 0.214. The third kappa shape index (κ3) is 5.49. The second-order valence-corrected chi connectivity index (χ2v) is 10.4. The van der Waals surface area contributed by atoms with Crippen molar-refractivity contribution in [2.24, 2.45) is 11.5 Å². The average molecular weight is 564 g/mol. The van der Waals surface area contributed by atoms with Crippen molar-refractivity contribution in [1.82, 2.24) is 0 Å². The van der Waals surface area contributed by atoms with Crippen LogP contribution in [0.2, 0.25) is 0 Å². The normalized spacial score (nSPS) is 12.8. The molecule has 7 nitrogen and oxygen atoms in total. The van der Waals surface area contributed by atoms with Crippen molar-refractivity contribution in [3.8, 4) is 16.9 Å². The van der Waals surface area contributed by atoms with Crippen LogP contribution in [0.1, 0.15) is 44.9 Å². The minimum atomic E-state index is -0.630. The van der Waals surface area contributed by atoms with E-state index in [1.807, 2.05) is 53.4 Å². The number of para-hydroxylation sites is 1. The van der Waals surface area contributed by atoms with Crippen molar-refractivity contribution in [2.45, 2.75) is 25.3 Å². The van der Waals surface area contributed by atoms with Gasteiger partial charge in [-0.15, -0.1) is 0 Å². The largest absolute Gasteiger partial charge is 0.492 e. The molecule has 0 radical (unpaired) electrons. The summed E-state index contributed by atoms with van der Waals surface area (Å²) >= 11 is 0. The minimum Gasteiger partial charge on any atom is -0.492 e. The summed E-state index contributed by atoms with van der Waals surface area (Å²) in [6, 6.07) is 26.6. The number of hydrogen-bond donors (Lipinski definition) is 2. The number of ether oxygens (including phenoxy) is 1. The predicted molar refractivity (Wildman–Crippen MR) is 160 cm³/mol. The fourth-order valence-corrected chi connectivity index (χ4v) is 5.24. The van der Waals surface area contributed by atoms with Crippen molar-refractivity contribution >= 4 is 28.5 Å². The molecule has 0 aliphatic heterocycles. The van der Waals surface area contributed by atoms with E-state index in [2.05, 4.69) is 0 Å². The Morgan fingerprint density at radius 3 is 2.40 bits per heavy atom. The molecule has 0 bridgehead atoms. The minimum absolute atomic E-state index is 0.0980. The van der Waals surface area contributed by atoms with E-state index in [0.717, 1.165) is 29.7 Å². The van der Waals surface area contributed by atoms with Crippen LogP contribution >= 0.6 is 0 Å². The summed E-state index contributed by atoms with van der Waals surface area (Å²) in [5.41, 5.74) is 15.8. The van der Waals surface area contributed by atoms with E-state index in [0.29, 0.717) is 46.8 Å². The van der Waals surface area contributed by atoms with Crippen LogP contribution in [-0.2, 0) is 6.42 Å².